The number of ether oxygens (including phenoxy) is 1. The lowest BCUT2D eigenvalue weighted by Crippen LogP contribution is -2.40. The Balaban J connectivity index is 2.16. The zero-order chi connectivity index (χ0) is 13.7. The Kier molecular flexibility index (Phi) is 5.20. The Hall–Kier alpha value is -0.640. The first-order valence-corrected chi connectivity index (χ1v) is 7.25. The molecule has 4 heteroatoms. The topological polar surface area (TPSA) is 21.3 Å². The molecule has 1 aliphatic heterocycles. The Morgan fingerprint density at radius 2 is 2.11 bits per heavy atom. The summed E-state index contributed by atoms with van der Waals surface area (Å²) in [5, 5.41) is 4.08. The average Bonchev–Trinajstić information content (AvgIpc) is 2.42. The fourth-order valence-corrected chi connectivity index (χ4v) is 2.88. The van der Waals surface area contributed by atoms with E-state index in [-0.39, 0.29) is 11.2 Å². The largest absolute Gasteiger partial charge is 0.381 e. The number of halogens is 2. The van der Waals surface area contributed by atoms with Crippen molar-refractivity contribution in [2.45, 2.75) is 26.2 Å². The van der Waals surface area contributed by atoms with Crippen molar-refractivity contribution < 1.29 is 9.13 Å². The molecule has 0 atom stereocenters. The summed E-state index contributed by atoms with van der Waals surface area (Å²) in [5.74, 6) is -0.218. The van der Waals surface area contributed by atoms with Crippen LogP contribution in [0.2, 0.25) is 5.02 Å². The van der Waals surface area contributed by atoms with E-state index in [4.69, 9.17) is 16.3 Å². The summed E-state index contributed by atoms with van der Waals surface area (Å²) >= 11 is 6.19. The Morgan fingerprint density at radius 1 is 1.37 bits per heavy atom. The summed E-state index contributed by atoms with van der Waals surface area (Å²) in [5.41, 5.74) is 1.03. The molecule has 2 rings (SSSR count). The molecule has 0 aliphatic carbocycles. The maximum atomic E-state index is 13.4. The fraction of sp³-hybridized carbons (Fsp3) is 0.600. The van der Waals surface area contributed by atoms with E-state index in [2.05, 4.69) is 12.2 Å². The van der Waals surface area contributed by atoms with E-state index in [9.17, 15) is 4.39 Å². The van der Waals surface area contributed by atoms with E-state index in [1.54, 1.807) is 12.1 Å². The van der Waals surface area contributed by atoms with Gasteiger partial charge in [-0.05, 0) is 55.0 Å². The standard InChI is InChI=1S/C15H21ClFNO/c1-2-18-11-15(5-7-19-8-6-15)10-12-9-13(17)3-4-14(12)16/h3-4,9,18H,2,5-8,10-11H2,1H3. The van der Waals surface area contributed by atoms with Gasteiger partial charge >= 0.3 is 0 Å². The zero-order valence-electron chi connectivity index (χ0n) is 11.3. The van der Waals surface area contributed by atoms with Gasteiger partial charge in [-0.1, -0.05) is 18.5 Å². The number of hydrogen-bond donors (Lipinski definition) is 1. The monoisotopic (exact) mass is 285 g/mol. The Labute approximate surface area is 119 Å². The molecule has 1 heterocycles. The minimum absolute atomic E-state index is 0.131. The summed E-state index contributed by atoms with van der Waals surface area (Å²) in [4.78, 5) is 0. The van der Waals surface area contributed by atoms with Crippen LogP contribution in [0.15, 0.2) is 18.2 Å². The number of rotatable bonds is 5. The van der Waals surface area contributed by atoms with E-state index in [1.807, 2.05) is 0 Å². The van der Waals surface area contributed by atoms with Crippen molar-refractivity contribution >= 4 is 11.6 Å². The summed E-state index contributed by atoms with van der Waals surface area (Å²) in [7, 11) is 0. The maximum absolute atomic E-state index is 13.4. The molecule has 19 heavy (non-hydrogen) atoms. The summed E-state index contributed by atoms with van der Waals surface area (Å²) < 4.78 is 18.8. The van der Waals surface area contributed by atoms with E-state index in [0.717, 1.165) is 51.1 Å². The molecule has 1 aliphatic rings. The smallest absolute Gasteiger partial charge is 0.123 e. The minimum atomic E-state index is -0.218. The first kappa shape index (κ1) is 14.8. The quantitative estimate of drug-likeness (QED) is 0.895. The van der Waals surface area contributed by atoms with Crippen LogP contribution in [0.3, 0.4) is 0 Å². The third-order valence-corrected chi connectivity index (χ3v) is 4.25. The molecule has 0 saturated carbocycles. The predicted molar refractivity (Wildman–Crippen MR) is 76.1 cm³/mol. The zero-order valence-corrected chi connectivity index (χ0v) is 12.1. The lowest BCUT2D eigenvalue weighted by atomic mass is 9.75. The third-order valence-electron chi connectivity index (χ3n) is 3.88. The van der Waals surface area contributed by atoms with Gasteiger partial charge in [-0.15, -0.1) is 0 Å². The first-order chi connectivity index (χ1) is 9.15. The van der Waals surface area contributed by atoms with Gasteiger partial charge in [0.25, 0.3) is 0 Å². The highest BCUT2D eigenvalue weighted by atomic mass is 35.5. The summed E-state index contributed by atoms with van der Waals surface area (Å²) in [6.45, 7) is 5.53. The second-order valence-corrected chi connectivity index (χ2v) is 5.71. The normalized spacial score (nSPS) is 18.5. The van der Waals surface area contributed by atoms with Crippen LogP contribution in [0.25, 0.3) is 0 Å². The minimum Gasteiger partial charge on any atom is -0.381 e. The predicted octanol–water partition coefficient (Wildman–Crippen LogP) is 3.43. The molecule has 106 valence electrons. The van der Waals surface area contributed by atoms with Crippen molar-refractivity contribution in [1.29, 1.82) is 0 Å². The molecule has 0 unspecified atom stereocenters. The highest BCUT2D eigenvalue weighted by molar-refractivity contribution is 6.31. The van der Waals surface area contributed by atoms with Crippen LogP contribution in [0.1, 0.15) is 25.3 Å². The molecule has 0 radical (unpaired) electrons. The molecule has 1 aromatic carbocycles. The molecule has 0 bridgehead atoms. The molecule has 0 aromatic heterocycles. The van der Waals surface area contributed by atoms with E-state index in [1.165, 1.54) is 6.07 Å². The van der Waals surface area contributed by atoms with Crippen molar-refractivity contribution in [3.05, 3.63) is 34.6 Å². The Morgan fingerprint density at radius 3 is 2.79 bits per heavy atom. The van der Waals surface area contributed by atoms with E-state index >= 15 is 0 Å². The molecular weight excluding hydrogens is 265 g/mol. The van der Waals surface area contributed by atoms with Crippen LogP contribution in [0.4, 0.5) is 4.39 Å². The van der Waals surface area contributed by atoms with Gasteiger partial charge in [0.15, 0.2) is 0 Å². The number of hydrogen-bond acceptors (Lipinski definition) is 2. The molecule has 2 nitrogen and oxygen atoms in total. The van der Waals surface area contributed by atoms with Gasteiger partial charge in [0.2, 0.25) is 0 Å². The molecule has 0 amide bonds. The molecular formula is C15H21ClFNO. The first-order valence-electron chi connectivity index (χ1n) is 6.88. The molecule has 1 saturated heterocycles. The molecule has 1 aromatic rings. The second-order valence-electron chi connectivity index (χ2n) is 5.31. The highest BCUT2D eigenvalue weighted by Crippen LogP contribution is 2.35. The van der Waals surface area contributed by atoms with Crippen LogP contribution >= 0.6 is 11.6 Å². The van der Waals surface area contributed by atoms with Gasteiger partial charge in [0.05, 0.1) is 0 Å². The second kappa shape index (κ2) is 6.69. The van der Waals surface area contributed by atoms with Crippen LogP contribution in [-0.4, -0.2) is 26.3 Å². The Bertz CT molecular complexity index is 419. The number of benzene rings is 1. The van der Waals surface area contributed by atoms with Gasteiger partial charge < -0.3 is 10.1 Å². The van der Waals surface area contributed by atoms with Gasteiger partial charge in [-0.3, -0.25) is 0 Å². The van der Waals surface area contributed by atoms with Crippen molar-refractivity contribution in [1.82, 2.24) is 5.32 Å². The molecule has 1 N–H and O–H groups in total. The highest BCUT2D eigenvalue weighted by Gasteiger charge is 2.33. The van der Waals surface area contributed by atoms with Gasteiger partial charge in [-0.25, -0.2) is 4.39 Å². The van der Waals surface area contributed by atoms with E-state index < -0.39 is 0 Å². The van der Waals surface area contributed by atoms with Crippen LogP contribution in [0.5, 0.6) is 0 Å². The van der Waals surface area contributed by atoms with Gasteiger partial charge in [-0.2, -0.15) is 0 Å². The molecule has 1 fully saturated rings. The van der Waals surface area contributed by atoms with E-state index in [0.29, 0.717) is 5.02 Å². The fourth-order valence-electron chi connectivity index (χ4n) is 2.69. The van der Waals surface area contributed by atoms with Gasteiger partial charge in [0.1, 0.15) is 5.82 Å². The lowest BCUT2D eigenvalue weighted by Gasteiger charge is -2.38. The molecule has 0 spiro atoms. The maximum Gasteiger partial charge on any atom is 0.123 e. The summed E-state index contributed by atoms with van der Waals surface area (Å²) in [6.07, 6.45) is 2.79. The van der Waals surface area contributed by atoms with Crippen molar-refractivity contribution in [2.24, 2.45) is 5.41 Å². The number of nitrogens with one attached hydrogen (secondary N) is 1. The van der Waals surface area contributed by atoms with Crippen molar-refractivity contribution in [2.75, 3.05) is 26.3 Å². The third kappa shape index (κ3) is 3.91. The van der Waals surface area contributed by atoms with Crippen LogP contribution in [0, 0.1) is 11.2 Å². The lowest BCUT2D eigenvalue weighted by molar-refractivity contribution is 0.0151. The van der Waals surface area contributed by atoms with Crippen LogP contribution in [-0.2, 0) is 11.2 Å². The van der Waals surface area contributed by atoms with Crippen molar-refractivity contribution in [3.8, 4) is 0 Å². The van der Waals surface area contributed by atoms with Crippen molar-refractivity contribution in [3.63, 3.8) is 0 Å². The summed E-state index contributed by atoms with van der Waals surface area (Å²) in [6, 6.07) is 4.62. The average molecular weight is 286 g/mol. The SMILES string of the molecule is CCNCC1(Cc2cc(F)ccc2Cl)CCOCC1. The van der Waals surface area contributed by atoms with Gasteiger partial charge in [0, 0.05) is 24.8 Å². The van der Waals surface area contributed by atoms with Crippen LogP contribution < -0.4 is 5.32 Å².